The first-order chi connectivity index (χ1) is 20.3. The lowest BCUT2D eigenvalue weighted by Crippen LogP contribution is -1.80. The van der Waals surface area contributed by atoms with Crippen LogP contribution in [0.25, 0.3) is 0 Å². The monoisotopic (exact) mass is 740 g/mol. The molecule has 0 atom stereocenters. The van der Waals surface area contributed by atoms with Crippen molar-refractivity contribution in [3.8, 4) is 0 Å². The minimum atomic E-state index is 1.33. The molecule has 0 aliphatic heterocycles. The minimum absolute atomic E-state index is 1.33. The molecule has 0 saturated heterocycles. The van der Waals surface area contributed by atoms with Gasteiger partial charge < -0.3 is 0 Å². The highest BCUT2D eigenvalue weighted by Crippen LogP contribution is 2.48. The average Bonchev–Trinajstić information content (AvgIpc) is 2.99. The van der Waals surface area contributed by atoms with Gasteiger partial charge in [0.1, 0.15) is 0 Å². The number of hydrogen-bond donors (Lipinski definition) is 0. The van der Waals surface area contributed by atoms with Crippen molar-refractivity contribution < 1.29 is 0 Å². The highest BCUT2D eigenvalue weighted by molar-refractivity contribution is 9.35. The molecule has 0 fully saturated rings. The zero-order chi connectivity index (χ0) is 30.2. The van der Waals surface area contributed by atoms with E-state index < -0.39 is 0 Å². The zero-order valence-corrected chi connectivity index (χ0v) is 34.8. The highest BCUT2D eigenvalue weighted by atomic mass is 33.8. The third-order valence-corrected chi connectivity index (χ3v) is 22.1. The maximum atomic E-state index is 2.28. The van der Waals surface area contributed by atoms with Crippen LogP contribution in [0.2, 0.25) is 0 Å². The Morgan fingerprint density at radius 3 is 0.659 bits per heavy atom. The van der Waals surface area contributed by atoms with Crippen molar-refractivity contribution >= 4 is 92.3 Å². The Kier molecular flexibility index (Phi) is 53.7. The van der Waals surface area contributed by atoms with E-state index >= 15 is 0 Å². The molecule has 0 rings (SSSR count). The molecule has 0 N–H and O–H groups in total. The molecule has 0 aromatic rings. The smallest absolute Gasteiger partial charge is 0.00454 e. The predicted molar refractivity (Wildman–Crippen MR) is 221 cm³/mol. The quantitative estimate of drug-likeness (QED) is 0.0456. The van der Waals surface area contributed by atoms with E-state index in [0.717, 1.165) is 0 Å². The Bertz CT molecular complexity index is 381. The molecule has 9 heteroatoms. The van der Waals surface area contributed by atoms with Gasteiger partial charge in [-0.2, -0.15) is 0 Å². The first-order valence-corrected chi connectivity index (χ1v) is 28.8. The molecule has 0 radical (unpaired) electrons. The van der Waals surface area contributed by atoms with E-state index in [9.17, 15) is 0 Å². The van der Waals surface area contributed by atoms with Gasteiger partial charge in [-0.3, -0.25) is 0 Å². The van der Waals surface area contributed by atoms with Crippen LogP contribution >= 0.6 is 92.3 Å². The lowest BCUT2D eigenvalue weighted by molar-refractivity contribution is 0.627. The predicted octanol–water partition coefficient (Wildman–Crippen LogP) is 17.4. The molecule has 0 bridgehead atoms. The van der Waals surface area contributed by atoms with Gasteiger partial charge in [0.15, 0.2) is 0 Å². The van der Waals surface area contributed by atoms with E-state index in [1.807, 2.05) is 70.7 Å². The lowest BCUT2D eigenvalue weighted by atomic mass is 10.1. The number of rotatable bonds is 35. The maximum Gasteiger partial charge on any atom is 0.00454 e. The van der Waals surface area contributed by atoms with Crippen molar-refractivity contribution in [1.29, 1.82) is 0 Å². The molecule has 0 spiro atoms. The SMILES string of the molecule is CCCCCCCCSSSSCCCCCCCC.CCCCCCCCSSSSSCCCCCCCC. The number of hydrogen-bond acceptors (Lipinski definition) is 9. The standard InChI is InChI=1S/C16H34S5.C16H34S4/c1-3-5-7-9-11-13-15-17-19-21-20-18-16-14-12-10-8-6-4-2;1-3-5-7-9-11-13-15-17-19-20-18-16-14-12-10-8-6-4-2/h3-16H2,1-2H3;3-16H2,1-2H3. The molecular weight excluding hydrogens is 673 g/mol. The topological polar surface area (TPSA) is 0 Å². The van der Waals surface area contributed by atoms with E-state index in [-0.39, 0.29) is 0 Å². The molecule has 0 aromatic heterocycles. The van der Waals surface area contributed by atoms with Crippen LogP contribution in [0.15, 0.2) is 0 Å². The third kappa shape index (κ3) is 50.2. The average molecular weight is 741 g/mol. The first kappa shape index (κ1) is 46.3. The van der Waals surface area contributed by atoms with Gasteiger partial charge in [0.05, 0.1) is 0 Å². The Morgan fingerprint density at radius 2 is 0.415 bits per heavy atom. The van der Waals surface area contributed by atoms with Crippen LogP contribution in [-0.2, 0) is 0 Å². The normalized spacial score (nSPS) is 11.1. The van der Waals surface area contributed by atoms with E-state index in [1.165, 1.54) is 177 Å². The van der Waals surface area contributed by atoms with Gasteiger partial charge in [0.2, 0.25) is 0 Å². The second kappa shape index (κ2) is 47.6. The third-order valence-electron chi connectivity index (χ3n) is 6.60. The van der Waals surface area contributed by atoms with Crippen molar-refractivity contribution in [2.45, 2.75) is 182 Å². The van der Waals surface area contributed by atoms with Crippen LogP contribution in [-0.4, -0.2) is 23.0 Å². The van der Waals surface area contributed by atoms with Gasteiger partial charge >= 0.3 is 0 Å². The highest BCUT2D eigenvalue weighted by Gasteiger charge is 1.97. The second-order valence-electron chi connectivity index (χ2n) is 10.7. The summed E-state index contributed by atoms with van der Waals surface area (Å²) in [6.45, 7) is 9.14. The van der Waals surface area contributed by atoms with Gasteiger partial charge in [-0.05, 0) is 74.8 Å². The largest absolute Gasteiger partial charge is 0.0817 e. The summed E-state index contributed by atoms with van der Waals surface area (Å²) >= 11 is 0. The molecule has 0 saturated carbocycles. The molecule has 0 heterocycles. The van der Waals surface area contributed by atoms with Crippen molar-refractivity contribution in [2.75, 3.05) is 23.0 Å². The van der Waals surface area contributed by atoms with Crippen molar-refractivity contribution in [2.24, 2.45) is 0 Å². The van der Waals surface area contributed by atoms with Gasteiger partial charge in [0.25, 0.3) is 0 Å². The zero-order valence-electron chi connectivity index (χ0n) is 27.5. The fourth-order valence-electron chi connectivity index (χ4n) is 3.99. The van der Waals surface area contributed by atoms with E-state index in [1.54, 1.807) is 0 Å². The van der Waals surface area contributed by atoms with Crippen LogP contribution in [0.5, 0.6) is 0 Å². The fourth-order valence-corrected chi connectivity index (χ4v) is 19.3. The van der Waals surface area contributed by atoms with Crippen LogP contribution < -0.4 is 0 Å². The molecule has 0 aliphatic rings. The van der Waals surface area contributed by atoms with E-state index in [0.29, 0.717) is 0 Å². The lowest BCUT2D eigenvalue weighted by Gasteiger charge is -2.02. The van der Waals surface area contributed by atoms with Crippen molar-refractivity contribution in [3.63, 3.8) is 0 Å². The van der Waals surface area contributed by atoms with Gasteiger partial charge in [-0.1, -0.05) is 199 Å². The maximum absolute atomic E-state index is 2.28. The summed E-state index contributed by atoms with van der Waals surface area (Å²) in [6, 6.07) is 0. The van der Waals surface area contributed by atoms with Crippen LogP contribution in [0, 0.1) is 0 Å². The Balaban J connectivity index is 0. The van der Waals surface area contributed by atoms with E-state index in [2.05, 4.69) is 49.3 Å². The Hall–Kier alpha value is 3.15. The van der Waals surface area contributed by atoms with Crippen LogP contribution in [0.1, 0.15) is 182 Å². The molecule has 0 aliphatic carbocycles. The summed E-state index contributed by atoms with van der Waals surface area (Å²) in [7, 11) is 18.1. The van der Waals surface area contributed by atoms with Crippen molar-refractivity contribution in [3.05, 3.63) is 0 Å². The van der Waals surface area contributed by atoms with Gasteiger partial charge in [0, 0.05) is 23.0 Å². The molecule has 0 aromatic carbocycles. The summed E-state index contributed by atoms with van der Waals surface area (Å²) < 4.78 is 0. The minimum Gasteiger partial charge on any atom is -0.0817 e. The summed E-state index contributed by atoms with van der Waals surface area (Å²) in [4.78, 5) is 0. The van der Waals surface area contributed by atoms with E-state index in [4.69, 9.17) is 0 Å². The summed E-state index contributed by atoms with van der Waals surface area (Å²) in [5.74, 6) is 5.32. The number of unbranched alkanes of at least 4 members (excludes halogenated alkanes) is 20. The molecule has 0 nitrogen and oxygen atoms in total. The fraction of sp³-hybridized carbons (Fsp3) is 1.00. The first-order valence-electron chi connectivity index (χ1n) is 17.1. The molecule has 0 amide bonds. The second-order valence-corrected chi connectivity index (χ2v) is 24.9. The van der Waals surface area contributed by atoms with Gasteiger partial charge in [-0.15, -0.1) is 0 Å². The Morgan fingerprint density at radius 1 is 0.220 bits per heavy atom. The molecular formula is C32H68S9. The molecule has 41 heavy (non-hydrogen) atoms. The van der Waals surface area contributed by atoms with Crippen LogP contribution in [0.4, 0.5) is 0 Å². The summed E-state index contributed by atoms with van der Waals surface area (Å²) in [6.07, 6.45) is 34.0. The summed E-state index contributed by atoms with van der Waals surface area (Å²) in [5, 5.41) is 0. The van der Waals surface area contributed by atoms with Crippen molar-refractivity contribution in [1.82, 2.24) is 0 Å². The Labute approximate surface area is 294 Å². The molecule has 0 unspecified atom stereocenters. The van der Waals surface area contributed by atoms with Crippen LogP contribution in [0.3, 0.4) is 0 Å². The molecule has 250 valence electrons. The summed E-state index contributed by atoms with van der Waals surface area (Å²) in [5.41, 5.74) is 0. The van der Waals surface area contributed by atoms with Gasteiger partial charge in [-0.25, -0.2) is 0 Å².